The van der Waals surface area contributed by atoms with E-state index < -0.39 is 0 Å². The van der Waals surface area contributed by atoms with Crippen molar-refractivity contribution >= 4 is 22.9 Å². The minimum absolute atomic E-state index is 0.120. The number of aromatic amines is 1. The SMILES string of the molecule is Nc1cc(Cc2cnn(Cc3cccc([C@H]4CNC(=O)C4)c3)c2)c2n[nH]nc2n1. The number of rotatable bonds is 5. The van der Waals surface area contributed by atoms with E-state index in [2.05, 4.69) is 49.0 Å². The quantitative estimate of drug-likeness (QED) is 0.474. The molecule has 1 fully saturated rings. The lowest BCUT2D eigenvalue weighted by Crippen LogP contribution is -2.13. The van der Waals surface area contributed by atoms with Crippen LogP contribution >= 0.6 is 0 Å². The predicted molar refractivity (Wildman–Crippen MR) is 107 cm³/mol. The van der Waals surface area contributed by atoms with Gasteiger partial charge < -0.3 is 11.1 Å². The summed E-state index contributed by atoms with van der Waals surface area (Å²) >= 11 is 0. The molecule has 1 aromatic carbocycles. The number of aromatic nitrogens is 6. The number of nitrogens with zero attached hydrogens (tertiary/aromatic N) is 5. The maximum Gasteiger partial charge on any atom is 0.220 e. The zero-order valence-electron chi connectivity index (χ0n) is 15.7. The van der Waals surface area contributed by atoms with E-state index in [4.69, 9.17) is 5.73 Å². The van der Waals surface area contributed by atoms with Crippen molar-refractivity contribution in [1.82, 2.24) is 35.5 Å². The van der Waals surface area contributed by atoms with Gasteiger partial charge in [0.25, 0.3) is 0 Å². The fourth-order valence-corrected chi connectivity index (χ4v) is 3.83. The van der Waals surface area contributed by atoms with Crippen LogP contribution in [0.1, 0.15) is 34.6 Å². The van der Waals surface area contributed by atoms with E-state index in [0.29, 0.717) is 37.4 Å². The molecule has 0 saturated carbocycles. The summed E-state index contributed by atoms with van der Waals surface area (Å²) in [5, 5.41) is 18.2. The zero-order valence-corrected chi connectivity index (χ0v) is 15.7. The van der Waals surface area contributed by atoms with Crippen molar-refractivity contribution in [3.05, 3.63) is 65.0 Å². The molecular weight excluding hydrogens is 368 g/mol. The smallest absolute Gasteiger partial charge is 0.220 e. The van der Waals surface area contributed by atoms with Crippen LogP contribution in [0.15, 0.2) is 42.7 Å². The predicted octanol–water partition coefficient (Wildman–Crippen LogP) is 1.37. The number of nitrogens with one attached hydrogen (secondary N) is 2. The number of H-pyrrole nitrogens is 1. The van der Waals surface area contributed by atoms with Gasteiger partial charge >= 0.3 is 0 Å². The highest BCUT2D eigenvalue weighted by molar-refractivity contribution is 5.79. The Balaban J connectivity index is 1.33. The Labute approximate surface area is 166 Å². The average molecular weight is 388 g/mol. The van der Waals surface area contributed by atoms with E-state index in [1.165, 1.54) is 5.56 Å². The van der Waals surface area contributed by atoms with Gasteiger partial charge in [-0.05, 0) is 28.3 Å². The third kappa shape index (κ3) is 3.54. The molecule has 4 N–H and O–H groups in total. The Morgan fingerprint density at radius 3 is 3.00 bits per heavy atom. The van der Waals surface area contributed by atoms with E-state index in [1.54, 1.807) is 0 Å². The van der Waals surface area contributed by atoms with Gasteiger partial charge in [-0.1, -0.05) is 24.3 Å². The first-order chi connectivity index (χ1) is 14.1. The molecule has 3 aromatic heterocycles. The number of nitrogen functional groups attached to an aromatic ring is 1. The van der Waals surface area contributed by atoms with E-state index in [0.717, 1.165) is 22.2 Å². The highest BCUT2D eigenvalue weighted by Crippen LogP contribution is 2.24. The largest absolute Gasteiger partial charge is 0.384 e. The molecule has 1 aliphatic rings. The van der Waals surface area contributed by atoms with Crippen LogP contribution in [0.3, 0.4) is 0 Å². The molecule has 0 bridgehead atoms. The Kier molecular flexibility index (Phi) is 4.19. The van der Waals surface area contributed by atoms with Crippen LogP contribution in [0, 0.1) is 0 Å². The topological polar surface area (TPSA) is 127 Å². The number of carbonyl (C=O) groups is 1. The molecule has 4 aromatic rings. The summed E-state index contributed by atoms with van der Waals surface area (Å²) in [6.07, 6.45) is 5.08. The Hall–Kier alpha value is -3.75. The van der Waals surface area contributed by atoms with Crippen molar-refractivity contribution in [2.45, 2.75) is 25.3 Å². The summed E-state index contributed by atoms with van der Waals surface area (Å²) in [4.78, 5) is 15.7. The second-order valence-corrected chi connectivity index (χ2v) is 7.38. The first-order valence-electron chi connectivity index (χ1n) is 9.47. The molecule has 5 rings (SSSR count). The Morgan fingerprint density at radius 2 is 2.14 bits per heavy atom. The lowest BCUT2D eigenvalue weighted by Gasteiger charge is -2.10. The molecule has 1 saturated heterocycles. The minimum atomic E-state index is 0.120. The van der Waals surface area contributed by atoms with Gasteiger partial charge in [0.05, 0.1) is 12.7 Å². The van der Waals surface area contributed by atoms with Gasteiger partial charge in [0.1, 0.15) is 11.3 Å². The van der Waals surface area contributed by atoms with Crippen molar-refractivity contribution in [1.29, 1.82) is 0 Å². The van der Waals surface area contributed by atoms with Crippen LogP contribution in [0.5, 0.6) is 0 Å². The fraction of sp³-hybridized carbons (Fsp3) is 0.250. The van der Waals surface area contributed by atoms with Crippen LogP contribution in [0.4, 0.5) is 5.82 Å². The highest BCUT2D eigenvalue weighted by Gasteiger charge is 2.23. The molecular formula is C20H20N8O. The minimum Gasteiger partial charge on any atom is -0.384 e. The molecule has 146 valence electrons. The van der Waals surface area contributed by atoms with E-state index >= 15 is 0 Å². The molecule has 29 heavy (non-hydrogen) atoms. The number of hydrogen-bond donors (Lipinski definition) is 3. The molecule has 1 amide bonds. The number of pyridine rings is 1. The van der Waals surface area contributed by atoms with Crippen LogP contribution in [-0.4, -0.2) is 42.6 Å². The first-order valence-corrected chi connectivity index (χ1v) is 9.47. The number of anilines is 1. The summed E-state index contributed by atoms with van der Waals surface area (Å²) in [5.74, 6) is 0.790. The van der Waals surface area contributed by atoms with E-state index in [9.17, 15) is 4.79 Å². The summed E-state index contributed by atoms with van der Waals surface area (Å²) in [7, 11) is 0. The van der Waals surface area contributed by atoms with Gasteiger partial charge in [0.2, 0.25) is 11.6 Å². The van der Waals surface area contributed by atoms with Crippen LogP contribution in [0.25, 0.3) is 11.2 Å². The number of amides is 1. The van der Waals surface area contributed by atoms with Crippen molar-refractivity contribution in [3.63, 3.8) is 0 Å². The molecule has 0 aliphatic carbocycles. The van der Waals surface area contributed by atoms with Gasteiger partial charge in [-0.25, -0.2) is 4.98 Å². The van der Waals surface area contributed by atoms with Crippen LogP contribution in [-0.2, 0) is 17.8 Å². The van der Waals surface area contributed by atoms with Crippen LogP contribution < -0.4 is 11.1 Å². The second-order valence-electron chi connectivity index (χ2n) is 7.38. The maximum absolute atomic E-state index is 11.5. The van der Waals surface area contributed by atoms with E-state index in [-0.39, 0.29) is 11.8 Å². The fourth-order valence-electron chi connectivity index (χ4n) is 3.83. The Bertz CT molecular complexity index is 1190. The molecule has 1 aliphatic heterocycles. The zero-order chi connectivity index (χ0) is 19.8. The standard InChI is InChI=1S/C20H20N8O/c21-17-6-15(19-20(24-17)26-27-25-19)5-13-8-23-28(11-13)10-12-2-1-3-14(4-12)16-7-18(29)22-9-16/h1-4,6,8,11,16H,5,7,9-10H2,(H,22,29)(H3,21,24,25,26,27)/t16-/m1/s1. The molecule has 9 heteroatoms. The lowest BCUT2D eigenvalue weighted by atomic mass is 9.96. The third-order valence-corrected chi connectivity index (χ3v) is 5.22. The van der Waals surface area contributed by atoms with Gasteiger partial charge in [-0.2, -0.15) is 15.4 Å². The molecule has 0 unspecified atom stereocenters. The average Bonchev–Trinajstić information content (AvgIpc) is 3.43. The lowest BCUT2D eigenvalue weighted by molar-refractivity contribution is -0.119. The molecule has 0 spiro atoms. The molecule has 1 atom stereocenters. The first kappa shape index (κ1) is 17.4. The van der Waals surface area contributed by atoms with Gasteiger partial charge in [-0.15, -0.1) is 5.10 Å². The summed E-state index contributed by atoms with van der Waals surface area (Å²) < 4.78 is 1.91. The van der Waals surface area contributed by atoms with Gasteiger partial charge in [-0.3, -0.25) is 9.48 Å². The normalized spacial score (nSPS) is 16.4. The van der Waals surface area contributed by atoms with Crippen molar-refractivity contribution in [2.75, 3.05) is 12.3 Å². The number of hydrogen-bond acceptors (Lipinski definition) is 6. The number of benzene rings is 1. The monoisotopic (exact) mass is 388 g/mol. The highest BCUT2D eigenvalue weighted by atomic mass is 16.1. The van der Waals surface area contributed by atoms with Crippen molar-refractivity contribution < 1.29 is 4.79 Å². The third-order valence-electron chi connectivity index (χ3n) is 5.22. The Morgan fingerprint density at radius 1 is 1.21 bits per heavy atom. The summed E-state index contributed by atoms with van der Waals surface area (Å²) in [6.45, 7) is 1.37. The van der Waals surface area contributed by atoms with Gasteiger partial charge in [0.15, 0.2) is 0 Å². The van der Waals surface area contributed by atoms with Crippen molar-refractivity contribution in [2.24, 2.45) is 0 Å². The molecule has 9 nitrogen and oxygen atoms in total. The van der Waals surface area contributed by atoms with Gasteiger partial charge in [0, 0.05) is 31.5 Å². The van der Waals surface area contributed by atoms with E-state index in [1.807, 2.05) is 29.2 Å². The summed E-state index contributed by atoms with van der Waals surface area (Å²) in [5.41, 5.74) is 11.5. The molecule has 4 heterocycles. The number of carbonyl (C=O) groups excluding carboxylic acids is 1. The van der Waals surface area contributed by atoms with Crippen molar-refractivity contribution in [3.8, 4) is 0 Å². The number of fused-ring (bicyclic) bond motifs is 1. The molecule has 0 radical (unpaired) electrons. The summed E-state index contributed by atoms with van der Waals surface area (Å²) in [6, 6.07) is 10.2. The maximum atomic E-state index is 11.5. The second kappa shape index (κ2) is 7.01. The van der Waals surface area contributed by atoms with Crippen LogP contribution in [0.2, 0.25) is 0 Å². The number of nitrogens with two attached hydrogens (primary N) is 1.